The van der Waals surface area contributed by atoms with Gasteiger partial charge in [-0.1, -0.05) is 39.3 Å². The average Bonchev–Trinajstić information content (AvgIpc) is 2.72. The van der Waals surface area contributed by atoms with Gasteiger partial charge in [0.15, 0.2) is 0 Å². The topological polar surface area (TPSA) is 51.7 Å². The van der Waals surface area contributed by atoms with Gasteiger partial charge in [-0.05, 0) is 19.4 Å². The third-order valence-corrected chi connectivity index (χ3v) is 3.82. The van der Waals surface area contributed by atoms with E-state index in [9.17, 15) is 4.79 Å². The van der Waals surface area contributed by atoms with Crippen molar-refractivity contribution in [3.8, 4) is 0 Å². The van der Waals surface area contributed by atoms with Crippen molar-refractivity contribution in [2.75, 3.05) is 24.7 Å². The van der Waals surface area contributed by atoms with Crippen molar-refractivity contribution in [1.29, 1.82) is 0 Å². The Hall–Kier alpha value is -1.33. The average molecular weight is 343 g/mol. The fourth-order valence-corrected chi connectivity index (χ4v) is 2.85. The second kappa shape index (κ2) is 9.73. The van der Waals surface area contributed by atoms with Gasteiger partial charge in [-0.15, -0.1) is 0 Å². The van der Waals surface area contributed by atoms with Gasteiger partial charge in [0.1, 0.15) is 11.9 Å². The van der Waals surface area contributed by atoms with Crippen molar-refractivity contribution in [3.63, 3.8) is 0 Å². The number of ether oxygens (including phenoxy) is 2. The standard InChI is InChI=1S/C13H15ClN2O3.2C2H6/c1-2-16-12-10(5-8(14)6-15-12)9-3-4-18-7-11(9)19-13(16)17;2*1-2/h5-6,9,11H,2-4,7H2,1H3;2*1-2H3. The lowest BCUT2D eigenvalue weighted by Gasteiger charge is -2.29. The number of carbonyl (C=O) groups excluding carboxylic acids is 1. The molecule has 0 aliphatic carbocycles. The van der Waals surface area contributed by atoms with Crippen LogP contribution in [0.2, 0.25) is 5.02 Å². The highest BCUT2D eigenvalue weighted by Gasteiger charge is 2.38. The van der Waals surface area contributed by atoms with Gasteiger partial charge >= 0.3 is 6.09 Å². The monoisotopic (exact) mass is 342 g/mol. The molecule has 0 bridgehead atoms. The maximum Gasteiger partial charge on any atom is 0.415 e. The summed E-state index contributed by atoms with van der Waals surface area (Å²) < 4.78 is 10.9. The van der Waals surface area contributed by atoms with Gasteiger partial charge in [-0.3, -0.25) is 4.90 Å². The molecule has 0 aromatic carbocycles. The third kappa shape index (κ3) is 4.36. The van der Waals surface area contributed by atoms with Crippen LogP contribution in [0.3, 0.4) is 0 Å². The number of amides is 1. The van der Waals surface area contributed by atoms with E-state index >= 15 is 0 Å². The number of pyridine rings is 1. The zero-order chi connectivity index (χ0) is 17.4. The van der Waals surface area contributed by atoms with Crippen LogP contribution < -0.4 is 4.90 Å². The van der Waals surface area contributed by atoms with Crippen molar-refractivity contribution in [2.24, 2.45) is 0 Å². The summed E-state index contributed by atoms with van der Waals surface area (Å²) in [4.78, 5) is 18.0. The number of fused-ring (bicyclic) bond motifs is 3. The van der Waals surface area contributed by atoms with Crippen molar-refractivity contribution in [1.82, 2.24) is 4.98 Å². The van der Waals surface area contributed by atoms with Gasteiger partial charge < -0.3 is 9.47 Å². The van der Waals surface area contributed by atoms with Crippen LogP contribution in [0.1, 0.15) is 52.5 Å². The number of aromatic nitrogens is 1. The first kappa shape index (κ1) is 19.7. The Kier molecular flexibility index (Phi) is 8.34. The zero-order valence-electron chi connectivity index (χ0n) is 14.6. The minimum Gasteiger partial charge on any atom is -0.443 e. The summed E-state index contributed by atoms with van der Waals surface area (Å²) in [5.41, 5.74) is 0.980. The summed E-state index contributed by atoms with van der Waals surface area (Å²) in [6.07, 6.45) is 1.76. The molecule has 1 aromatic rings. The predicted octanol–water partition coefficient (Wildman–Crippen LogP) is 4.64. The Balaban J connectivity index is 0.000000615. The maximum atomic E-state index is 12.1. The predicted molar refractivity (Wildman–Crippen MR) is 93.4 cm³/mol. The van der Waals surface area contributed by atoms with Crippen LogP contribution in [0.15, 0.2) is 12.3 Å². The third-order valence-electron chi connectivity index (χ3n) is 3.61. The molecule has 0 N–H and O–H groups in total. The number of anilines is 1. The van der Waals surface area contributed by atoms with Crippen molar-refractivity contribution in [2.45, 2.75) is 53.1 Å². The van der Waals surface area contributed by atoms with Crippen LogP contribution in [0.4, 0.5) is 10.6 Å². The van der Waals surface area contributed by atoms with Crippen LogP contribution in [-0.2, 0) is 9.47 Å². The Morgan fingerprint density at radius 2 is 2.04 bits per heavy atom. The smallest absolute Gasteiger partial charge is 0.415 e. The van der Waals surface area contributed by atoms with Crippen LogP contribution in [0, 0.1) is 0 Å². The van der Waals surface area contributed by atoms with Gasteiger partial charge in [0.05, 0.1) is 11.6 Å². The molecule has 0 saturated carbocycles. The normalized spacial score (nSPS) is 22.2. The first-order chi connectivity index (χ1) is 11.2. The highest BCUT2D eigenvalue weighted by Crippen LogP contribution is 2.38. The number of hydrogen-bond donors (Lipinski definition) is 0. The molecule has 0 radical (unpaired) electrons. The SMILES string of the molecule is CC.CC.CCN1C(=O)OC2COCCC2c2cc(Cl)cnc21. The molecular weight excluding hydrogens is 316 g/mol. The van der Waals surface area contributed by atoms with Crippen molar-refractivity contribution >= 4 is 23.5 Å². The lowest BCUT2D eigenvalue weighted by Crippen LogP contribution is -2.36. The summed E-state index contributed by atoms with van der Waals surface area (Å²) >= 11 is 6.05. The minimum atomic E-state index is -0.364. The van der Waals surface area contributed by atoms with Gasteiger partial charge in [0, 0.05) is 30.8 Å². The molecule has 23 heavy (non-hydrogen) atoms. The fraction of sp³-hybridized carbons (Fsp3) is 0.647. The van der Waals surface area contributed by atoms with E-state index in [0.717, 1.165) is 12.0 Å². The van der Waals surface area contributed by atoms with Crippen LogP contribution >= 0.6 is 11.6 Å². The van der Waals surface area contributed by atoms with Crippen LogP contribution in [-0.4, -0.2) is 36.9 Å². The molecule has 3 heterocycles. The van der Waals surface area contributed by atoms with Gasteiger partial charge in [0.2, 0.25) is 0 Å². The van der Waals surface area contributed by atoms with Crippen LogP contribution in [0.25, 0.3) is 0 Å². The fourth-order valence-electron chi connectivity index (χ4n) is 2.69. The van der Waals surface area contributed by atoms with Gasteiger partial charge in [-0.2, -0.15) is 0 Å². The lowest BCUT2D eigenvalue weighted by atomic mass is 9.89. The first-order valence-corrected chi connectivity index (χ1v) is 8.80. The summed E-state index contributed by atoms with van der Waals surface area (Å²) in [5, 5.41) is 0.578. The summed E-state index contributed by atoms with van der Waals surface area (Å²) in [5.74, 6) is 0.766. The Bertz CT molecular complexity index is 511. The van der Waals surface area contributed by atoms with Crippen molar-refractivity contribution in [3.05, 3.63) is 22.8 Å². The number of hydrogen-bond acceptors (Lipinski definition) is 4. The molecule has 2 aliphatic heterocycles. The van der Waals surface area contributed by atoms with Crippen molar-refractivity contribution < 1.29 is 14.3 Å². The van der Waals surface area contributed by atoms with E-state index in [0.29, 0.717) is 30.6 Å². The minimum absolute atomic E-state index is 0.107. The molecule has 2 unspecified atom stereocenters. The number of halogens is 1. The molecule has 1 saturated heterocycles. The van der Waals surface area contributed by atoms with E-state index in [2.05, 4.69) is 4.98 Å². The molecule has 1 amide bonds. The second-order valence-electron chi connectivity index (χ2n) is 4.70. The number of rotatable bonds is 1. The summed E-state index contributed by atoms with van der Waals surface area (Å²) in [7, 11) is 0. The molecular formula is C17H27ClN2O3. The Labute approximate surface area is 143 Å². The first-order valence-electron chi connectivity index (χ1n) is 8.42. The molecule has 2 atom stereocenters. The highest BCUT2D eigenvalue weighted by atomic mass is 35.5. The molecule has 130 valence electrons. The van der Waals surface area contributed by atoms with E-state index < -0.39 is 0 Å². The van der Waals surface area contributed by atoms with Gasteiger partial charge in [-0.25, -0.2) is 9.78 Å². The molecule has 5 nitrogen and oxygen atoms in total. The number of carbonyl (C=O) groups is 1. The van der Waals surface area contributed by atoms with E-state index in [4.69, 9.17) is 21.1 Å². The number of nitrogens with zero attached hydrogens (tertiary/aromatic N) is 2. The lowest BCUT2D eigenvalue weighted by molar-refractivity contribution is -0.0258. The molecule has 0 spiro atoms. The summed E-state index contributed by atoms with van der Waals surface area (Å²) in [6.45, 7) is 11.5. The van der Waals surface area contributed by atoms with E-state index in [1.54, 1.807) is 11.1 Å². The van der Waals surface area contributed by atoms with E-state index in [-0.39, 0.29) is 18.1 Å². The molecule has 2 aliphatic rings. The van der Waals surface area contributed by atoms with E-state index in [1.807, 2.05) is 40.7 Å². The zero-order valence-corrected chi connectivity index (χ0v) is 15.4. The maximum absolute atomic E-state index is 12.1. The Morgan fingerprint density at radius 3 is 2.70 bits per heavy atom. The van der Waals surface area contributed by atoms with E-state index in [1.165, 1.54) is 0 Å². The molecule has 1 fully saturated rings. The Morgan fingerprint density at radius 1 is 1.35 bits per heavy atom. The quantitative estimate of drug-likeness (QED) is 0.746. The largest absolute Gasteiger partial charge is 0.443 e. The molecule has 3 rings (SSSR count). The molecule has 1 aromatic heterocycles. The highest BCUT2D eigenvalue weighted by molar-refractivity contribution is 6.30. The summed E-state index contributed by atoms with van der Waals surface area (Å²) in [6, 6.07) is 1.89. The van der Waals surface area contributed by atoms with Gasteiger partial charge in [0.25, 0.3) is 0 Å². The second-order valence-corrected chi connectivity index (χ2v) is 5.14. The van der Waals surface area contributed by atoms with Crippen LogP contribution in [0.5, 0.6) is 0 Å². The molecule has 6 heteroatoms.